The maximum absolute atomic E-state index is 13.0. The molecule has 0 unspecified atom stereocenters. The van der Waals surface area contributed by atoms with Crippen LogP contribution in [-0.2, 0) is 13.5 Å². The molecule has 3 aromatic rings. The highest BCUT2D eigenvalue weighted by atomic mass is 32.1. The van der Waals surface area contributed by atoms with Gasteiger partial charge in [-0.05, 0) is 37.5 Å². The SMILES string of the molecule is Cc1nn(C)c2sc(C(=O)N3CCCc4ccccc43)cc12. The topological polar surface area (TPSA) is 38.1 Å². The lowest BCUT2D eigenvalue weighted by molar-refractivity contribution is 0.0989. The Morgan fingerprint density at radius 1 is 1.32 bits per heavy atom. The average molecular weight is 311 g/mol. The van der Waals surface area contributed by atoms with Crippen LogP contribution in [0.5, 0.6) is 0 Å². The minimum atomic E-state index is 0.104. The van der Waals surface area contributed by atoms with E-state index in [2.05, 4.69) is 11.2 Å². The van der Waals surface area contributed by atoms with Gasteiger partial charge < -0.3 is 4.90 Å². The Balaban J connectivity index is 1.76. The summed E-state index contributed by atoms with van der Waals surface area (Å²) < 4.78 is 1.86. The number of aryl methyl sites for hydroxylation is 3. The zero-order valence-corrected chi connectivity index (χ0v) is 13.5. The molecule has 1 amide bonds. The number of para-hydroxylation sites is 1. The van der Waals surface area contributed by atoms with Gasteiger partial charge in [0.05, 0.1) is 10.6 Å². The van der Waals surface area contributed by atoms with Crippen molar-refractivity contribution < 1.29 is 4.79 Å². The fourth-order valence-electron chi connectivity index (χ4n) is 3.19. The lowest BCUT2D eigenvalue weighted by Gasteiger charge is -2.29. The molecular weight excluding hydrogens is 294 g/mol. The maximum Gasteiger partial charge on any atom is 0.268 e. The summed E-state index contributed by atoms with van der Waals surface area (Å²) in [5.41, 5.74) is 3.30. The van der Waals surface area contributed by atoms with Crippen molar-refractivity contribution in [1.82, 2.24) is 9.78 Å². The second kappa shape index (κ2) is 4.95. The summed E-state index contributed by atoms with van der Waals surface area (Å²) >= 11 is 1.53. The predicted molar refractivity (Wildman–Crippen MR) is 89.8 cm³/mol. The molecule has 0 radical (unpaired) electrons. The summed E-state index contributed by atoms with van der Waals surface area (Å²) in [4.78, 5) is 16.7. The number of hydrogen-bond acceptors (Lipinski definition) is 3. The van der Waals surface area contributed by atoms with Crippen molar-refractivity contribution >= 4 is 33.1 Å². The molecule has 0 saturated heterocycles. The molecule has 1 aliphatic rings. The van der Waals surface area contributed by atoms with Crippen LogP contribution in [0.2, 0.25) is 0 Å². The molecule has 0 fully saturated rings. The van der Waals surface area contributed by atoms with Crippen LogP contribution in [0.3, 0.4) is 0 Å². The van der Waals surface area contributed by atoms with Crippen LogP contribution in [0, 0.1) is 6.92 Å². The molecule has 0 atom stereocenters. The van der Waals surface area contributed by atoms with E-state index < -0.39 is 0 Å². The van der Waals surface area contributed by atoms with E-state index in [1.165, 1.54) is 16.9 Å². The molecule has 2 aromatic heterocycles. The van der Waals surface area contributed by atoms with Crippen molar-refractivity contribution in [1.29, 1.82) is 0 Å². The highest BCUT2D eigenvalue weighted by Gasteiger charge is 2.25. The molecule has 112 valence electrons. The molecule has 3 heterocycles. The minimum absolute atomic E-state index is 0.104. The van der Waals surface area contributed by atoms with Crippen molar-refractivity contribution in [2.24, 2.45) is 7.05 Å². The maximum atomic E-state index is 13.0. The Bertz CT molecular complexity index is 843. The Morgan fingerprint density at radius 3 is 2.95 bits per heavy atom. The van der Waals surface area contributed by atoms with Crippen LogP contribution in [0.4, 0.5) is 5.69 Å². The van der Waals surface area contributed by atoms with E-state index in [-0.39, 0.29) is 5.91 Å². The first-order chi connectivity index (χ1) is 10.6. The van der Waals surface area contributed by atoms with Gasteiger partial charge in [0, 0.05) is 24.7 Å². The van der Waals surface area contributed by atoms with Gasteiger partial charge in [0.1, 0.15) is 4.83 Å². The Hall–Kier alpha value is -2.14. The van der Waals surface area contributed by atoms with Gasteiger partial charge in [0.15, 0.2) is 0 Å². The van der Waals surface area contributed by atoms with Crippen LogP contribution in [0.1, 0.15) is 27.3 Å². The first-order valence-electron chi connectivity index (χ1n) is 7.48. The Labute approximate surface area is 133 Å². The number of thiophene rings is 1. The lowest BCUT2D eigenvalue weighted by atomic mass is 10.0. The number of benzene rings is 1. The fourth-order valence-corrected chi connectivity index (χ4v) is 4.26. The molecule has 0 saturated carbocycles. The molecule has 4 nitrogen and oxygen atoms in total. The smallest absolute Gasteiger partial charge is 0.268 e. The second-order valence-electron chi connectivity index (χ2n) is 5.73. The zero-order valence-electron chi connectivity index (χ0n) is 12.7. The molecule has 5 heteroatoms. The molecule has 0 N–H and O–H groups in total. The lowest BCUT2D eigenvalue weighted by Crippen LogP contribution is -2.34. The number of carbonyl (C=O) groups excluding carboxylic acids is 1. The molecule has 0 spiro atoms. The van der Waals surface area contributed by atoms with E-state index >= 15 is 0 Å². The van der Waals surface area contributed by atoms with Crippen molar-refractivity contribution in [3.63, 3.8) is 0 Å². The van der Waals surface area contributed by atoms with Crippen LogP contribution in [0.15, 0.2) is 30.3 Å². The molecule has 0 aliphatic carbocycles. The summed E-state index contributed by atoms with van der Waals surface area (Å²) in [5.74, 6) is 0.104. The summed E-state index contributed by atoms with van der Waals surface area (Å²) in [7, 11) is 1.93. The van der Waals surface area contributed by atoms with Gasteiger partial charge in [-0.3, -0.25) is 9.48 Å². The van der Waals surface area contributed by atoms with Gasteiger partial charge in [-0.2, -0.15) is 5.10 Å². The second-order valence-corrected chi connectivity index (χ2v) is 6.76. The van der Waals surface area contributed by atoms with E-state index in [0.29, 0.717) is 0 Å². The Morgan fingerprint density at radius 2 is 2.14 bits per heavy atom. The van der Waals surface area contributed by atoms with Crippen molar-refractivity contribution in [3.05, 3.63) is 46.5 Å². The highest BCUT2D eigenvalue weighted by Crippen LogP contribution is 2.32. The van der Waals surface area contributed by atoms with Gasteiger partial charge in [0.2, 0.25) is 0 Å². The van der Waals surface area contributed by atoms with E-state index in [1.54, 1.807) is 0 Å². The number of carbonyl (C=O) groups is 1. The predicted octanol–water partition coefficient (Wildman–Crippen LogP) is 3.54. The van der Waals surface area contributed by atoms with Gasteiger partial charge in [-0.25, -0.2) is 0 Å². The summed E-state index contributed by atoms with van der Waals surface area (Å²) in [5, 5.41) is 5.49. The number of aromatic nitrogens is 2. The molecule has 1 aromatic carbocycles. The zero-order chi connectivity index (χ0) is 15.3. The molecular formula is C17H17N3OS. The van der Waals surface area contributed by atoms with Crippen LogP contribution in [-0.4, -0.2) is 22.2 Å². The third kappa shape index (κ3) is 1.96. The standard InChI is InChI=1S/C17H17N3OS/c1-11-13-10-15(22-17(13)19(2)18-11)16(21)20-9-5-7-12-6-3-4-8-14(12)20/h3-4,6,8,10H,5,7,9H2,1-2H3. The molecule has 0 bridgehead atoms. The molecule has 1 aliphatic heterocycles. The van der Waals surface area contributed by atoms with E-state index in [4.69, 9.17) is 0 Å². The first-order valence-corrected chi connectivity index (χ1v) is 8.29. The number of nitrogens with zero attached hydrogens (tertiary/aromatic N) is 3. The summed E-state index contributed by atoms with van der Waals surface area (Å²) in [6.07, 6.45) is 2.07. The third-order valence-corrected chi connectivity index (χ3v) is 5.45. The van der Waals surface area contributed by atoms with Gasteiger partial charge in [-0.15, -0.1) is 11.3 Å². The number of fused-ring (bicyclic) bond motifs is 2. The normalized spacial score (nSPS) is 14.4. The first kappa shape index (κ1) is 13.5. The highest BCUT2D eigenvalue weighted by molar-refractivity contribution is 7.20. The Kier molecular flexibility index (Phi) is 3.04. The molecule has 22 heavy (non-hydrogen) atoms. The fraction of sp³-hybridized carbons (Fsp3) is 0.294. The number of amides is 1. The van der Waals surface area contributed by atoms with Crippen molar-refractivity contribution in [2.75, 3.05) is 11.4 Å². The summed E-state index contributed by atoms with van der Waals surface area (Å²) in [6, 6.07) is 10.2. The largest absolute Gasteiger partial charge is 0.307 e. The van der Waals surface area contributed by atoms with Crippen LogP contribution < -0.4 is 4.90 Å². The number of rotatable bonds is 1. The monoisotopic (exact) mass is 311 g/mol. The number of anilines is 1. The van der Waals surface area contributed by atoms with Gasteiger partial charge in [0.25, 0.3) is 5.91 Å². The van der Waals surface area contributed by atoms with Gasteiger partial charge >= 0.3 is 0 Å². The minimum Gasteiger partial charge on any atom is -0.307 e. The van der Waals surface area contributed by atoms with Crippen molar-refractivity contribution in [2.45, 2.75) is 19.8 Å². The van der Waals surface area contributed by atoms with E-state index in [9.17, 15) is 4.79 Å². The quantitative estimate of drug-likeness (QED) is 0.689. The summed E-state index contributed by atoms with van der Waals surface area (Å²) in [6.45, 7) is 2.78. The molecule has 4 rings (SSSR count). The van der Waals surface area contributed by atoms with Crippen molar-refractivity contribution in [3.8, 4) is 0 Å². The van der Waals surface area contributed by atoms with E-state index in [0.717, 1.165) is 45.9 Å². The average Bonchev–Trinajstić information content (AvgIpc) is 3.08. The van der Waals surface area contributed by atoms with Crippen LogP contribution in [0.25, 0.3) is 10.2 Å². The van der Waals surface area contributed by atoms with E-state index in [1.807, 2.05) is 47.8 Å². The van der Waals surface area contributed by atoms with Gasteiger partial charge in [-0.1, -0.05) is 18.2 Å². The third-order valence-electron chi connectivity index (χ3n) is 4.26. The van der Waals surface area contributed by atoms with Crippen LogP contribution >= 0.6 is 11.3 Å². The number of hydrogen-bond donors (Lipinski definition) is 0.